The Morgan fingerprint density at radius 2 is 2.40 bits per heavy atom. The molecule has 8 heteroatoms. The van der Waals surface area contributed by atoms with E-state index in [1.165, 1.54) is 18.0 Å². The summed E-state index contributed by atoms with van der Waals surface area (Å²) < 4.78 is 15.4. The van der Waals surface area contributed by atoms with Crippen molar-refractivity contribution in [1.29, 1.82) is 0 Å². The summed E-state index contributed by atoms with van der Waals surface area (Å²) in [5.74, 6) is 0.691. The first-order valence-corrected chi connectivity index (χ1v) is 6.89. The van der Waals surface area contributed by atoms with Crippen molar-refractivity contribution in [2.24, 2.45) is 0 Å². The predicted molar refractivity (Wildman–Crippen MR) is 72.2 cm³/mol. The first kappa shape index (κ1) is 14.6. The van der Waals surface area contributed by atoms with E-state index < -0.39 is 0 Å². The molecule has 1 N–H and O–H groups in total. The van der Waals surface area contributed by atoms with Crippen molar-refractivity contribution in [3.8, 4) is 11.7 Å². The largest absolute Gasteiger partial charge is 0.459 e. The van der Waals surface area contributed by atoms with Gasteiger partial charge in [-0.15, -0.1) is 10.2 Å². The zero-order valence-corrected chi connectivity index (χ0v) is 12.0. The van der Waals surface area contributed by atoms with Gasteiger partial charge in [0.1, 0.15) is 0 Å². The van der Waals surface area contributed by atoms with Crippen molar-refractivity contribution in [3.63, 3.8) is 0 Å². The topological polar surface area (TPSA) is 90.4 Å². The van der Waals surface area contributed by atoms with Crippen LogP contribution in [0.4, 0.5) is 0 Å². The van der Waals surface area contributed by atoms with Crippen LogP contribution >= 0.6 is 11.8 Å². The molecule has 1 amide bonds. The van der Waals surface area contributed by atoms with Crippen LogP contribution in [0.2, 0.25) is 0 Å². The number of rotatable bonds is 7. The fraction of sp³-hybridized carbons (Fsp3) is 0.417. The molecule has 0 spiro atoms. The molecule has 0 radical (unpaired) electrons. The lowest BCUT2D eigenvalue weighted by Crippen LogP contribution is -2.33. The van der Waals surface area contributed by atoms with Crippen molar-refractivity contribution in [2.45, 2.75) is 17.4 Å². The van der Waals surface area contributed by atoms with E-state index in [-0.39, 0.29) is 11.2 Å². The monoisotopic (exact) mass is 297 g/mol. The molecule has 0 aliphatic rings. The van der Waals surface area contributed by atoms with Crippen molar-refractivity contribution in [1.82, 2.24) is 15.5 Å². The average Bonchev–Trinajstić information content (AvgIpc) is 3.08. The van der Waals surface area contributed by atoms with E-state index in [1.807, 2.05) is 0 Å². The van der Waals surface area contributed by atoms with Crippen LogP contribution in [-0.4, -0.2) is 41.6 Å². The number of carbonyl (C=O) groups is 1. The van der Waals surface area contributed by atoms with E-state index >= 15 is 0 Å². The van der Waals surface area contributed by atoms with Crippen molar-refractivity contribution in [3.05, 3.63) is 18.4 Å². The molecule has 0 unspecified atom stereocenters. The lowest BCUT2D eigenvalue weighted by molar-refractivity contribution is -0.120. The van der Waals surface area contributed by atoms with Gasteiger partial charge in [-0.2, -0.15) is 0 Å². The van der Waals surface area contributed by atoms with Gasteiger partial charge in [0.15, 0.2) is 5.76 Å². The molecule has 2 aromatic heterocycles. The standard InChI is InChI=1S/C12H15N3O4S/c1-8(10(16)13-5-7-17-2)20-12-15-14-11(19-12)9-4-3-6-18-9/h3-4,6,8H,5,7H2,1-2H3,(H,13,16)/t8-/m0/s1. The molecule has 0 bridgehead atoms. The molecule has 0 aromatic carbocycles. The second-order valence-electron chi connectivity index (χ2n) is 3.89. The molecule has 0 aliphatic carbocycles. The van der Waals surface area contributed by atoms with Crippen LogP contribution < -0.4 is 5.32 Å². The van der Waals surface area contributed by atoms with Gasteiger partial charge in [-0.05, 0) is 19.1 Å². The summed E-state index contributed by atoms with van der Waals surface area (Å²) in [4.78, 5) is 11.8. The Labute approximate surface area is 120 Å². The molecule has 2 heterocycles. The SMILES string of the molecule is COCCNC(=O)[C@H](C)Sc1nnc(-c2ccco2)o1. The summed E-state index contributed by atoms with van der Waals surface area (Å²) in [5.41, 5.74) is 0. The quantitative estimate of drug-likeness (QED) is 0.612. The number of thioether (sulfide) groups is 1. The summed E-state index contributed by atoms with van der Waals surface area (Å²) >= 11 is 1.19. The molecule has 20 heavy (non-hydrogen) atoms. The molecule has 0 fully saturated rings. The highest BCUT2D eigenvalue weighted by Crippen LogP contribution is 2.26. The number of carbonyl (C=O) groups excluding carboxylic acids is 1. The van der Waals surface area contributed by atoms with Crippen LogP contribution in [0.25, 0.3) is 11.7 Å². The fourth-order valence-corrected chi connectivity index (χ4v) is 2.09. The second kappa shape index (κ2) is 7.11. The van der Waals surface area contributed by atoms with E-state index in [0.29, 0.717) is 30.0 Å². The van der Waals surface area contributed by atoms with Crippen LogP contribution in [0, 0.1) is 0 Å². The second-order valence-corrected chi connectivity index (χ2v) is 5.19. The lowest BCUT2D eigenvalue weighted by atomic mass is 10.4. The lowest BCUT2D eigenvalue weighted by Gasteiger charge is -2.08. The summed E-state index contributed by atoms with van der Waals surface area (Å²) in [6.45, 7) is 2.72. The van der Waals surface area contributed by atoms with Gasteiger partial charge in [0.25, 0.3) is 11.1 Å². The molecule has 108 valence electrons. The van der Waals surface area contributed by atoms with Crippen LogP contribution in [0.3, 0.4) is 0 Å². The summed E-state index contributed by atoms with van der Waals surface area (Å²) in [7, 11) is 1.58. The van der Waals surface area contributed by atoms with Gasteiger partial charge in [-0.25, -0.2) is 0 Å². The summed E-state index contributed by atoms with van der Waals surface area (Å²) in [5, 5.41) is 10.5. The van der Waals surface area contributed by atoms with Crippen LogP contribution in [0.1, 0.15) is 6.92 Å². The highest BCUT2D eigenvalue weighted by atomic mass is 32.2. The molecule has 1 atom stereocenters. The van der Waals surface area contributed by atoms with E-state index in [9.17, 15) is 4.79 Å². The number of furan rings is 1. The number of hydrogen-bond donors (Lipinski definition) is 1. The average molecular weight is 297 g/mol. The first-order chi connectivity index (χ1) is 9.70. The summed E-state index contributed by atoms with van der Waals surface area (Å²) in [6.07, 6.45) is 1.53. The number of ether oxygens (including phenoxy) is 1. The smallest absolute Gasteiger partial charge is 0.284 e. The van der Waals surface area contributed by atoms with Gasteiger partial charge in [0.05, 0.1) is 18.1 Å². The first-order valence-electron chi connectivity index (χ1n) is 6.01. The van der Waals surface area contributed by atoms with Gasteiger partial charge in [0, 0.05) is 13.7 Å². The zero-order valence-electron chi connectivity index (χ0n) is 11.2. The maximum absolute atomic E-state index is 11.8. The van der Waals surface area contributed by atoms with Crippen molar-refractivity contribution < 1.29 is 18.4 Å². The van der Waals surface area contributed by atoms with E-state index in [4.69, 9.17) is 13.6 Å². The fourth-order valence-electron chi connectivity index (χ4n) is 1.38. The molecule has 0 saturated carbocycles. The van der Waals surface area contributed by atoms with Crippen LogP contribution in [0.15, 0.2) is 32.5 Å². The highest BCUT2D eigenvalue weighted by Gasteiger charge is 2.18. The number of nitrogens with zero attached hydrogens (tertiary/aromatic N) is 2. The number of methoxy groups -OCH3 is 1. The Kier molecular flexibility index (Phi) is 5.19. The van der Waals surface area contributed by atoms with E-state index in [2.05, 4.69) is 15.5 Å². The molecule has 2 rings (SSSR count). The Balaban J connectivity index is 1.88. The molecule has 0 saturated heterocycles. The Hall–Kier alpha value is -1.80. The van der Waals surface area contributed by atoms with Gasteiger partial charge >= 0.3 is 0 Å². The minimum absolute atomic E-state index is 0.107. The van der Waals surface area contributed by atoms with Crippen molar-refractivity contribution >= 4 is 17.7 Å². The van der Waals surface area contributed by atoms with Crippen molar-refractivity contribution in [2.75, 3.05) is 20.3 Å². The van der Waals surface area contributed by atoms with E-state index in [0.717, 1.165) is 0 Å². The third-order valence-electron chi connectivity index (χ3n) is 2.39. The maximum atomic E-state index is 11.8. The summed E-state index contributed by atoms with van der Waals surface area (Å²) in [6, 6.07) is 3.46. The Bertz CT molecular complexity index is 541. The maximum Gasteiger partial charge on any atom is 0.284 e. The molecular formula is C12H15N3O4S. The number of amides is 1. The molecular weight excluding hydrogens is 282 g/mol. The molecule has 2 aromatic rings. The highest BCUT2D eigenvalue weighted by molar-refractivity contribution is 8.00. The minimum Gasteiger partial charge on any atom is -0.459 e. The van der Waals surface area contributed by atoms with Gasteiger partial charge in [-0.3, -0.25) is 4.79 Å². The van der Waals surface area contributed by atoms with E-state index in [1.54, 1.807) is 26.2 Å². The number of aromatic nitrogens is 2. The molecule has 7 nitrogen and oxygen atoms in total. The Morgan fingerprint density at radius 1 is 1.55 bits per heavy atom. The normalized spacial score (nSPS) is 12.3. The van der Waals surface area contributed by atoms with Gasteiger partial charge < -0.3 is 18.9 Å². The zero-order chi connectivity index (χ0) is 14.4. The third-order valence-corrected chi connectivity index (χ3v) is 3.32. The minimum atomic E-state index is -0.336. The predicted octanol–water partition coefficient (Wildman–Crippen LogP) is 1.57. The van der Waals surface area contributed by atoms with Crippen LogP contribution in [-0.2, 0) is 9.53 Å². The molecule has 0 aliphatic heterocycles. The van der Waals surface area contributed by atoms with Crippen LogP contribution in [0.5, 0.6) is 0 Å². The number of hydrogen-bond acceptors (Lipinski definition) is 7. The van der Waals surface area contributed by atoms with Gasteiger partial charge in [-0.1, -0.05) is 11.8 Å². The number of nitrogens with one attached hydrogen (secondary N) is 1. The third kappa shape index (κ3) is 3.84. The Morgan fingerprint density at radius 3 is 3.10 bits per heavy atom. The van der Waals surface area contributed by atoms with Gasteiger partial charge in [0.2, 0.25) is 5.91 Å².